The zero-order valence-corrected chi connectivity index (χ0v) is 16.5. The molecule has 0 spiro atoms. The molecule has 1 aromatic carbocycles. The van der Waals surface area contributed by atoms with Gasteiger partial charge in [-0.15, -0.1) is 0 Å². The van der Waals surface area contributed by atoms with Crippen LogP contribution < -0.4 is 10.6 Å². The summed E-state index contributed by atoms with van der Waals surface area (Å²) in [6.45, 7) is 8.45. The second-order valence-corrected chi connectivity index (χ2v) is 6.51. The Morgan fingerprint density at radius 3 is 2.62 bits per heavy atom. The van der Waals surface area contributed by atoms with Crippen molar-refractivity contribution in [3.8, 4) is 0 Å². The minimum atomic E-state index is 0.241. The van der Waals surface area contributed by atoms with Gasteiger partial charge in [-0.25, -0.2) is 0 Å². The first-order valence-electron chi connectivity index (χ1n) is 10.0. The van der Waals surface area contributed by atoms with Crippen molar-refractivity contribution in [2.45, 2.75) is 46.0 Å². The Morgan fingerprint density at radius 1 is 1.12 bits per heavy atom. The highest BCUT2D eigenvalue weighted by molar-refractivity contribution is 5.79. The number of aliphatic imine (C=N–C) groups is 1. The van der Waals surface area contributed by atoms with E-state index in [1.807, 2.05) is 6.07 Å². The Morgan fingerprint density at radius 2 is 1.92 bits per heavy atom. The molecule has 3 N–H and O–H groups in total. The van der Waals surface area contributed by atoms with Crippen molar-refractivity contribution in [2.24, 2.45) is 10.9 Å². The first kappa shape index (κ1) is 22.5. The van der Waals surface area contributed by atoms with Crippen molar-refractivity contribution in [1.29, 1.82) is 0 Å². The molecule has 0 saturated heterocycles. The molecule has 5 heteroatoms. The molecule has 0 heterocycles. The fourth-order valence-corrected chi connectivity index (χ4v) is 2.80. The number of guanidine groups is 1. The van der Waals surface area contributed by atoms with E-state index in [-0.39, 0.29) is 6.61 Å². The maximum atomic E-state index is 9.16. The second-order valence-electron chi connectivity index (χ2n) is 6.51. The average Bonchev–Trinajstić information content (AvgIpc) is 2.66. The summed E-state index contributed by atoms with van der Waals surface area (Å²) in [5.74, 6) is 1.32. The molecular weight excluding hydrogens is 326 g/mol. The predicted octanol–water partition coefficient (Wildman–Crippen LogP) is 2.99. The average molecular weight is 364 g/mol. The van der Waals surface area contributed by atoms with Gasteiger partial charge in [0.1, 0.15) is 0 Å². The number of aliphatic hydroxyl groups excluding tert-OH is 1. The third-order valence-corrected chi connectivity index (χ3v) is 4.22. The van der Waals surface area contributed by atoms with E-state index < -0.39 is 0 Å². The number of benzene rings is 1. The molecule has 0 fully saturated rings. The molecule has 0 saturated carbocycles. The zero-order valence-electron chi connectivity index (χ0n) is 16.5. The fourth-order valence-electron chi connectivity index (χ4n) is 2.80. The van der Waals surface area contributed by atoms with E-state index in [4.69, 9.17) is 9.84 Å². The van der Waals surface area contributed by atoms with Crippen LogP contribution >= 0.6 is 0 Å². The molecule has 26 heavy (non-hydrogen) atoms. The molecule has 148 valence electrons. The van der Waals surface area contributed by atoms with Crippen molar-refractivity contribution in [3.05, 3.63) is 35.9 Å². The molecule has 0 aliphatic heterocycles. The number of nitrogens with zero attached hydrogens (tertiary/aromatic N) is 1. The van der Waals surface area contributed by atoms with E-state index in [0.717, 1.165) is 70.9 Å². The number of nitrogens with one attached hydrogen (secondary N) is 2. The molecule has 0 bridgehead atoms. The summed E-state index contributed by atoms with van der Waals surface area (Å²) in [7, 11) is 0. The normalized spacial score (nSPS) is 12.8. The van der Waals surface area contributed by atoms with Gasteiger partial charge in [0, 0.05) is 32.8 Å². The summed E-state index contributed by atoms with van der Waals surface area (Å²) in [6.07, 6.45) is 4.98. The summed E-state index contributed by atoms with van der Waals surface area (Å²) in [5.41, 5.74) is 1.32. The fraction of sp³-hybridized carbons (Fsp3) is 0.667. The predicted molar refractivity (Wildman–Crippen MR) is 110 cm³/mol. The number of hydrogen-bond donors (Lipinski definition) is 3. The van der Waals surface area contributed by atoms with Crippen LogP contribution in [0.2, 0.25) is 0 Å². The smallest absolute Gasteiger partial charge is 0.191 e. The number of ether oxygens (including phenoxy) is 1. The molecule has 1 unspecified atom stereocenters. The molecule has 0 amide bonds. The van der Waals surface area contributed by atoms with Crippen molar-refractivity contribution in [3.63, 3.8) is 0 Å². The van der Waals surface area contributed by atoms with Gasteiger partial charge in [0.05, 0.1) is 6.61 Å². The molecule has 1 rings (SSSR count). The van der Waals surface area contributed by atoms with Crippen LogP contribution in [0.3, 0.4) is 0 Å². The lowest BCUT2D eigenvalue weighted by Crippen LogP contribution is -2.38. The van der Waals surface area contributed by atoms with Crippen LogP contribution in [-0.4, -0.2) is 50.5 Å². The number of aliphatic hydroxyl groups is 1. The second kappa shape index (κ2) is 15.6. The molecular formula is C21H37N3O2. The molecule has 0 radical (unpaired) electrons. The molecule has 1 aromatic rings. The highest BCUT2D eigenvalue weighted by Crippen LogP contribution is 2.10. The van der Waals surface area contributed by atoms with Gasteiger partial charge in [-0.1, -0.05) is 43.7 Å². The van der Waals surface area contributed by atoms with Gasteiger partial charge in [0.15, 0.2) is 5.96 Å². The Balaban J connectivity index is 2.18. The maximum absolute atomic E-state index is 9.16. The quantitative estimate of drug-likeness (QED) is 0.270. The van der Waals surface area contributed by atoms with Crippen molar-refractivity contribution in [1.82, 2.24) is 10.6 Å². The third kappa shape index (κ3) is 11.1. The van der Waals surface area contributed by atoms with Gasteiger partial charge < -0.3 is 20.5 Å². The van der Waals surface area contributed by atoms with E-state index in [1.54, 1.807) is 0 Å². The van der Waals surface area contributed by atoms with Crippen molar-refractivity contribution in [2.75, 3.05) is 39.5 Å². The molecule has 5 nitrogen and oxygen atoms in total. The topological polar surface area (TPSA) is 65.9 Å². The Labute approximate surface area is 159 Å². The van der Waals surface area contributed by atoms with Crippen LogP contribution in [0.25, 0.3) is 0 Å². The van der Waals surface area contributed by atoms with Crippen LogP contribution in [-0.2, 0) is 11.2 Å². The monoisotopic (exact) mass is 363 g/mol. The lowest BCUT2D eigenvalue weighted by molar-refractivity contribution is 0.135. The zero-order chi connectivity index (χ0) is 18.9. The van der Waals surface area contributed by atoms with Gasteiger partial charge in [0.25, 0.3) is 0 Å². The largest absolute Gasteiger partial charge is 0.396 e. The van der Waals surface area contributed by atoms with Crippen molar-refractivity contribution >= 4 is 5.96 Å². The Hall–Kier alpha value is -1.59. The summed E-state index contributed by atoms with van der Waals surface area (Å²) >= 11 is 0. The highest BCUT2D eigenvalue weighted by atomic mass is 16.5. The van der Waals surface area contributed by atoms with Crippen LogP contribution in [0.4, 0.5) is 0 Å². The molecule has 0 aliphatic carbocycles. The van der Waals surface area contributed by atoms with Crippen molar-refractivity contribution < 1.29 is 9.84 Å². The number of rotatable bonds is 14. The van der Waals surface area contributed by atoms with Crippen LogP contribution in [0.15, 0.2) is 35.3 Å². The summed E-state index contributed by atoms with van der Waals surface area (Å²) in [4.78, 5) is 4.67. The lowest BCUT2D eigenvalue weighted by Gasteiger charge is -2.15. The van der Waals surface area contributed by atoms with Crippen LogP contribution in [0.5, 0.6) is 0 Å². The standard InChI is InChI=1S/C21H37N3O2/c1-3-9-20(12-15-25)18-24-21(22-4-2)23-14-8-16-26-17-13-19-10-6-5-7-11-19/h5-7,10-11,20,25H,3-4,8-9,12-18H2,1-2H3,(H2,22,23,24). The summed E-state index contributed by atoms with van der Waals surface area (Å²) < 4.78 is 5.71. The SMILES string of the molecule is CCCC(CCO)CN=C(NCC)NCCCOCCc1ccccc1. The minimum absolute atomic E-state index is 0.241. The first-order chi connectivity index (χ1) is 12.8. The Bertz CT molecular complexity index is 460. The van der Waals surface area contributed by atoms with E-state index >= 15 is 0 Å². The highest BCUT2D eigenvalue weighted by Gasteiger charge is 2.07. The first-order valence-corrected chi connectivity index (χ1v) is 10.0. The minimum Gasteiger partial charge on any atom is -0.396 e. The summed E-state index contributed by atoms with van der Waals surface area (Å²) in [6, 6.07) is 10.4. The summed E-state index contributed by atoms with van der Waals surface area (Å²) in [5, 5.41) is 15.8. The molecule has 0 aliphatic rings. The van der Waals surface area contributed by atoms with Crippen LogP contribution in [0.1, 0.15) is 45.1 Å². The molecule has 1 atom stereocenters. The van der Waals surface area contributed by atoms with E-state index in [0.29, 0.717) is 5.92 Å². The van der Waals surface area contributed by atoms with Gasteiger partial charge in [-0.05, 0) is 44.1 Å². The van der Waals surface area contributed by atoms with E-state index in [2.05, 4.69) is 53.7 Å². The van der Waals surface area contributed by atoms with Gasteiger partial charge >= 0.3 is 0 Å². The Kier molecular flexibility index (Phi) is 13.5. The van der Waals surface area contributed by atoms with Gasteiger partial charge in [0.2, 0.25) is 0 Å². The lowest BCUT2D eigenvalue weighted by atomic mass is 10.0. The maximum Gasteiger partial charge on any atom is 0.191 e. The van der Waals surface area contributed by atoms with E-state index in [9.17, 15) is 0 Å². The van der Waals surface area contributed by atoms with Crippen LogP contribution in [0, 0.1) is 5.92 Å². The third-order valence-electron chi connectivity index (χ3n) is 4.22. The van der Waals surface area contributed by atoms with E-state index in [1.165, 1.54) is 5.56 Å². The van der Waals surface area contributed by atoms with Gasteiger partial charge in [-0.2, -0.15) is 0 Å². The number of hydrogen-bond acceptors (Lipinski definition) is 3. The molecule has 0 aromatic heterocycles. The van der Waals surface area contributed by atoms with Gasteiger partial charge in [-0.3, -0.25) is 4.99 Å².